The molecule has 0 saturated heterocycles. The molecular formula is C20H20BrN3O3S. The summed E-state index contributed by atoms with van der Waals surface area (Å²) in [7, 11) is 3.13. The summed E-state index contributed by atoms with van der Waals surface area (Å²) in [6, 6.07) is 12.5. The van der Waals surface area contributed by atoms with Crippen molar-refractivity contribution >= 4 is 44.9 Å². The molecule has 0 aromatic heterocycles. The van der Waals surface area contributed by atoms with Crippen molar-refractivity contribution in [1.29, 1.82) is 0 Å². The molecule has 0 spiro atoms. The Morgan fingerprint density at radius 2 is 1.89 bits per heavy atom. The third-order valence-electron chi connectivity index (χ3n) is 4.33. The van der Waals surface area contributed by atoms with E-state index >= 15 is 0 Å². The number of hydrogen-bond donors (Lipinski definition) is 3. The molecule has 1 aliphatic rings. The van der Waals surface area contributed by atoms with Gasteiger partial charge in [0.15, 0.2) is 16.6 Å². The molecule has 2 aromatic carbocycles. The zero-order valence-corrected chi connectivity index (χ0v) is 18.0. The van der Waals surface area contributed by atoms with Crippen LogP contribution in [0.1, 0.15) is 18.5 Å². The van der Waals surface area contributed by atoms with Gasteiger partial charge in [0.2, 0.25) is 0 Å². The third kappa shape index (κ3) is 4.13. The van der Waals surface area contributed by atoms with Crippen LogP contribution in [0.3, 0.4) is 0 Å². The Bertz CT molecular complexity index is 947. The maximum atomic E-state index is 13.1. The highest BCUT2D eigenvalue weighted by molar-refractivity contribution is 9.10. The number of halogens is 1. The van der Waals surface area contributed by atoms with Crippen LogP contribution in [0.25, 0.3) is 0 Å². The highest BCUT2D eigenvalue weighted by Gasteiger charge is 2.33. The van der Waals surface area contributed by atoms with Gasteiger partial charge in [-0.3, -0.25) is 4.79 Å². The Hall–Kier alpha value is -2.58. The Kier molecular flexibility index (Phi) is 6.21. The number of methoxy groups -OCH3 is 2. The molecule has 1 heterocycles. The number of amides is 1. The Morgan fingerprint density at radius 3 is 2.54 bits per heavy atom. The fraction of sp³-hybridized carbons (Fsp3) is 0.200. The van der Waals surface area contributed by atoms with Crippen LogP contribution < -0.4 is 25.4 Å². The lowest BCUT2D eigenvalue weighted by Gasteiger charge is -2.31. The molecular weight excluding hydrogens is 442 g/mol. The topological polar surface area (TPSA) is 71.6 Å². The SMILES string of the molecule is COc1cc(Br)cc([C@@H]2NC(=S)NC(C)=C2C(=O)Nc2ccccc2)c1OC. The number of ether oxygens (including phenoxy) is 2. The Balaban J connectivity index is 2.08. The Labute approximate surface area is 177 Å². The van der Waals surface area contributed by atoms with E-state index in [-0.39, 0.29) is 5.91 Å². The van der Waals surface area contributed by atoms with Gasteiger partial charge in [-0.2, -0.15) is 0 Å². The van der Waals surface area contributed by atoms with Crippen molar-refractivity contribution < 1.29 is 14.3 Å². The van der Waals surface area contributed by atoms with E-state index in [4.69, 9.17) is 21.7 Å². The van der Waals surface area contributed by atoms with Gasteiger partial charge in [-0.25, -0.2) is 0 Å². The second kappa shape index (κ2) is 8.62. The lowest BCUT2D eigenvalue weighted by molar-refractivity contribution is -0.113. The molecule has 0 unspecified atom stereocenters. The quantitative estimate of drug-likeness (QED) is 0.586. The zero-order chi connectivity index (χ0) is 20.3. The second-order valence-electron chi connectivity index (χ2n) is 6.12. The average molecular weight is 462 g/mol. The summed E-state index contributed by atoms with van der Waals surface area (Å²) in [6.45, 7) is 1.82. The van der Waals surface area contributed by atoms with E-state index in [0.29, 0.717) is 33.6 Å². The number of nitrogens with one attached hydrogen (secondary N) is 3. The van der Waals surface area contributed by atoms with Crippen molar-refractivity contribution in [1.82, 2.24) is 10.6 Å². The minimum atomic E-state index is -0.515. The molecule has 28 heavy (non-hydrogen) atoms. The van der Waals surface area contributed by atoms with Crippen LogP contribution in [0.4, 0.5) is 5.69 Å². The first kappa shape index (κ1) is 20.2. The molecule has 6 nitrogen and oxygen atoms in total. The second-order valence-corrected chi connectivity index (χ2v) is 7.44. The number of benzene rings is 2. The minimum absolute atomic E-state index is 0.239. The van der Waals surface area contributed by atoms with Crippen LogP contribution in [0.2, 0.25) is 0 Å². The first-order chi connectivity index (χ1) is 13.4. The molecule has 1 amide bonds. The lowest BCUT2D eigenvalue weighted by Crippen LogP contribution is -2.45. The van der Waals surface area contributed by atoms with E-state index in [1.54, 1.807) is 14.2 Å². The number of rotatable bonds is 5. The van der Waals surface area contributed by atoms with Crippen molar-refractivity contribution in [2.75, 3.05) is 19.5 Å². The molecule has 146 valence electrons. The summed E-state index contributed by atoms with van der Waals surface area (Å²) in [6.07, 6.45) is 0. The van der Waals surface area contributed by atoms with E-state index in [1.807, 2.05) is 49.4 Å². The van der Waals surface area contributed by atoms with Gasteiger partial charge in [0.05, 0.1) is 25.8 Å². The van der Waals surface area contributed by atoms with E-state index in [1.165, 1.54) is 0 Å². The summed E-state index contributed by atoms with van der Waals surface area (Å²) in [5.74, 6) is 0.849. The number of para-hydroxylation sites is 1. The number of allylic oxidation sites excluding steroid dienone is 1. The van der Waals surface area contributed by atoms with E-state index in [0.717, 1.165) is 10.0 Å². The largest absolute Gasteiger partial charge is 0.493 e. The number of thiocarbonyl (C=S) groups is 1. The Morgan fingerprint density at radius 1 is 1.18 bits per heavy atom. The maximum Gasteiger partial charge on any atom is 0.255 e. The van der Waals surface area contributed by atoms with Gasteiger partial charge < -0.3 is 25.4 Å². The van der Waals surface area contributed by atoms with Gasteiger partial charge in [0.1, 0.15) is 0 Å². The van der Waals surface area contributed by atoms with Crippen molar-refractivity contribution in [3.05, 3.63) is 63.8 Å². The van der Waals surface area contributed by atoms with Gasteiger partial charge in [-0.15, -0.1) is 0 Å². The van der Waals surface area contributed by atoms with Crippen LogP contribution in [-0.2, 0) is 4.79 Å². The summed E-state index contributed by atoms with van der Waals surface area (Å²) in [5, 5.41) is 9.57. The normalized spacial score (nSPS) is 16.1. The van der Waals surface area contributed by atoms with Crippen LogP contribution in [0.5, 0.6) is 11.5 Å². The minimum Gasteiger partial charge on any atom is -0.493 e. The molecule has 0 fully saturated rings. The number of anilines is 1. The van der Waals surface area contributed by atoms with Gasteiger partial charge in [-0.1, -0.05) is 34.1 Å². The highest BCUT2D eigenvalue weighted by atomic mass is 79.9. The summed E-state index contributed by atoms with van der Waals surface area (Å²) < 4.78 is 11.8. The van der Waals surface area contributed by atoms with E-state index in [2.05, 4.69) is 31.9 Å². The number of carbonyl (C=O) groups is 1. The van der Waals surface area contributed by atoms with Gasteiger partial charge in [0, 0.05) is 21.4 Å². The average Bonchev–Trinajstić information content (AvgIpc) is 2.67. The maximum absolute atomic E-state index is 13.1. The molecule has 0 saturated carbocycles. The van der Waals surface area contributed by atoms with Crippen molar-refractivity contribution in [2.24, 2.45) is 0 Å². The number of carbonyl (C=O) groups excluding carboxylic acids is 1. The molecule has 3 N–H and O–H groups in total. The fourth-order valence-electron chi connectivity index (χ4n) is 3.12. The standard InChI is InChI=1S/C20H20BrN3O3S/c1-11-16(19(25)23-13-7-5-4-6-8-13)17(24-20(28)22-11)14-9-12(21)10-15(26-2)18(14)27-3/h4-10,17H,1-3H3,(H,23,25)(H2,22,24,28)/t17-/m0/s1. The van der Waals surface area contributed by atoms with Crippen LogP contribution in [0.15, 0.2) is 58.2 Å². The summed E-state index contributed by atoms with van der Waals surface area (Å²) in [5.41, 5.74) is 2.62. The predicted molar refractivity (Wildman–Crippen MR) is 117 cm³/mol. The summed E-state index contributed by atoms with van der Waals surface area (Å²) in [4.78, 5) is 13.1. The molecule has 1 atom stereocenters. The first-order valence-corrected chi connectivity index (χ1v) is 9.70. The smallest absolute Gasteiger partial charge is 0.255 e. The molecule has 2 aromatic rings. The molecule has 1 aliphatic heterocycles. The molecule has 8 heteroatoms. The predicted octanol–water partition coefficient (Wildman–Crippen LogP) is 3.90. The molecule has 0 aliphatic carbocycles. The monoisotopic (exact) mass is 461 g/mol. The third-order valence-corrected chi connectivity index (χ3v) is 5.01. The van der Waals surface area contributed by atoms with E-state index in [9.17, 15) is 4.79 Å². The van der Waals surface area contributed by atoms with Gasteiger partial charge in [0.25, 0.3) is 5.91 Å². The van der Waals surface area contributed by atoms with E-state index < -0.39 is 6.04 Å². The fourth-order valence-corrected chi connectivity index (χ4v) is 3.85. The summed E-state index contributed by atoms with van der Waals surface area (Å²) >= 11 is 8.83. The van der Waals surface area contributed by atoms with Crippen LogP contribution in [0, 0.1) is 0 Å². The van der Waals surface area contributed by atoms with Crippen molar-refractivity contribution in [2.45, 2.75) is 13.0 Å². The molecule has 0 radical (unpaired) electrons. The highest BCUT2D eigenvalue weighted by Crippen LogP contribution is 2.41. The lowest BCUT2D eigenvalue weighted by atomic mass is 9.93. The first-order valence-electron chi connectivity index (χ1n) is 8.50. The molecule has 3 rings (SSSR count). The molecule has 0 bridgehead atoms. The van der Waals surface area contributed by atoms with Gasteiger partial charge >= 0.3 is 0 Å². The zero-order valence-electron chi connectivity index (χ0n) is 15.6. The van der Waals surface area contributed by atoms with Gasteiger partial charge in [-0.05, 0) is 43.4 Å². The number of hydrogen-bond acceptors (Lipinski definition) is 4. The van der Waals surface area contributed by atoms with Crippen molar-refractivity contribution in [3.63, 3.8) is 0 Å². The van der Waals surface area contributed by atoms with Crippen molar-refractivity contribution in [3.8, 4) is 11.5 Å². The van der Waals surface area contributed by atoms with Crippen LogP contribution >= 0.6 is 28.1 Å². The van der Waals surface area contributed by atoms with Crippen LogP contribution in [-0.4, -0.2) is 25.2 Å².